The van der Waals surface area contributed by atoms with Crippen molar-refractivity contribution in [2.24, 2.45) is 5.73 Å². The Kier molecular flexibility index (Phi) is 12.9. The lowest BCUT2D eigenvalue weighted by Gasteiger charge is -2.09. The molecule has 2 unspecified atom stereocenters. The van der Waals surface area contributed by atoms with Crippen LogP contribution in [0.5, 0.6) is 0 Å². The summed E-state index contributed by atoms with van der Waals surface area (Å²) in [6.07, 6.45) is 1.59. The molecule has 1 aromatic rings. The lowest BCUT2D eigenvalue weighted by molar-refractivity contribution is -0.128. The van der Waals surface area contributed by atoms with E-state index in [0.717, 1.165) is 5.56 Å². The summed E-state index contributed by atoms with van der Waals surface area (Å²) in [5.74, 6) is -2.43. The summed E-state index contributed by atoms with van der Waals surface area (Å²) in [6, 6.07) is 6.89. The van der Waals surface area contributed by atoms with Crippen LogP contribution in [0.1, 0.15) is 33.1 Å². The largest absolute Gasteiger partial charge is 0.364 e. The van der Waals surface area contributed by atoms with E-state index in [1.165, 1.54) is 0 Å². The topological polar surface area (TPSA) is 128 Å². The molecule has 0 aliphatic rings. The fraction of sp³-hybridized carbons (Fsp3) is 0.500. The number of nitrogens with two attached hydrogens (primary N) is 1. The molecule has 2 amide bonds. The predicted molar refractivity (Wildman–Crippen MR) is 121 cm³/mol. The number of aryl methyl sites for hydroxylation is 1. The monoisotopic (exact) mass is 474 g/mol. The first-order valence-electron chi connectivity index (χ1n) is 10.2. The number of benzene rings is 1. The minimum atomic E-state index is -1.88. The minimum Gasteiger partial charge on any atom is -0.364 e. The van der Waals surface area contributed by atoms with Crippen molar-refractivity contribution in [2.75, 3.05) is 30.9 Å². The van der Waals surface area contributed by atoms with E-state index < -0.39 is 36.3 Å². The molecule has 0 saturated carbocycles. The molecule has 0 aromatic heterocycles. The molecule has 0 bridgehead atoms. The molecule has 2 atom stereocenters. The molecule has 0 saturated heterocycles. The van der Waals surface area contributed by atoms with Crippen molar-refractivity contribution in [1.82, 2.24) is 5.32 Å². The first-order valence-corrected chi connectivity index (χ1v) is 11.9. The number of alkyl halides is 1. The van der Waals surface area contributed by atoms with Gasteiger partial charge in [0.1, 0.15) is 19.0 Å². The van der Waals surface area contributed by atoms with Crippen LogP contribution < -0.4 is 16.4 Å². The van der Waals surface area contributed by atoms with E-state index in [4.69, 9.17) is 11.8 Å². The number of hydrogen-bond acceptors (Lipinski definition) is 8. The van der Waals surface area contributed by atoms with Gasteiger partial charge in [0.2, 0.25) is 23.1 Å². The van der Waals surface area contributed by atoms with Crippen molar-refractivity contribution in [1.29, 1.82) is 0 Å². The molecule has 0 spiro atoms. The van der Waals surface area contributed by atoms with Crippen LogP contribution >= 0.6 is 21.6 Å². The predicted octanol–water partition coefficient (Wildman–Crippen LogP) is 2.22. The van der Waals surface area contributed by atoms with Crippen LogP contribution in [0.15, 0.2) is 24.3 Å². The highest BCUT2D eigenvalue weighted by molar-refractivity contribution is 8.77. The van der Waals surface area contributed by atoms with Crippen LogP contribution in [0.2, 0.25) is 0 Å². The van der Waals surface area contributed by atoms with E-state index in [2.05, 4.69) is 10.6 Å². The van der Waals surface area contributed by atoms with Crippen molar-refractivity contribution < 1.29 is 29.7 Å². The number of ether oxygens (including phenoxy) is 1. The van der Waals surface area contributed by atoms with E-state index in [-0.39, 0.29) is 18.1 Å². The van der Waals surface area contributed by atoms with Gasteiger partial charge in [0.15, 0.2) is 0 Å². The Morgan fingerprint density at radius 1 is 1.16 bits per heavy atom. The Morgan fingerprint density at radius 2 is 1.87 bits per heavy atom. The molecule has 1 rings (SSSR count). The van der Waals surface area contributed by atoms with Gasteiger partial charge in [0.05, 0.1) is 1.37 Å². The molecular weight excluding hydrogens is 445 g/mol. The maximum atomic E-state index is 13.5. The summed E-state index contributed by atoms with van der Waals surface area (Å²) in [7, 11) is 1.25. The van der Waals surface area contributed by atoms with Gasteiger partial charge in [-0.2, -0.15) is 0 Å². The Labute approximate surface area is 190 Å². The molecule has 31 heavy (non-hydrogen) atoms. The van der Waals surface area contributed by atoms with Crippen LogP contribution in [0.3, 0.4) is 0 Å². The molecule has 0 aliphatic heterocycles. The highest BCUT2D eigenvalue weighted by Gasteiger charge is 2.18. The van der Waals surface area contributed by atoms with E-state index in [1.54, 1.807) is 31.2 Å². The van der Waals surface area contributed by atoms with E-state index in [9.17, 15) is 23.6 Å². The zero-order valence-corrected chi connectivity index (χ0v) is 18.9. The van der Waals surface area contributed by atoms with Gasteiger partial charge in [-0.3, -0.25) is 19.2 Å². The first-order chi connectivity index (χ1) is 15.2. The van der Waals surface area contributed by atoms with Crippen molar-refractivity contribution in [3.05, 3.63) is 29.8 Å². The second-order valence-electron chi connectivity index (χ2n) is 6.34. The summed E-state index contributed by atoms with van der Waals surface area (Å²) in [5, 5.41) is 5.30. The zero-order chi connectivity index (χ0) is 23.9. The van der Waals surface area contributed by atoms with Gasteiger partial charge in [-0.25, -0.2) is 4.39 Å². The molecule has 4 N–H and O–H groups in total. The van der Waals surface area contributed by atoms with Crippen LogP contribution in [0.25, 0.3) is 0 Å². The number of carbonyl (C=O) groups excluding carboxylic acids is 4. The van der Waals surface area contributed by atoms with Gasteiger partial charge < -0.3 is 21.1 Å². The quantitative estimate of drug-likeness (QED) is 0.246. The average molecular weight is 475 g/mol. The second-order valence-corrected chi connectivity index (χ2v) is 8.57. The third-order valence-electron chi connectivity index (χ3n) is 3.92. The Hall–Kier alpha value is -1.95. The molecule has 11 heteroatoms. The summed E-state index contributed by atoms with van der Waals surface area (Å²) in [4.78, 5) is 46.4. The molecule has 0 fully saturated rings. The van der Waals surface area contributed by atoms with Crippen molar-refractivity contribution in [2.45, 2.75) is 38.1 Å². The standard InChI is InChI=1S/C20H28FN3O5S2/c1-2-16(25)9-10-23-18(27)8-5-14-3-6-15(7-4-14)24-19(28)12-29-11-17(26)20(21)31-30-13-22/h3-4,6-7,20H,2,5,8-13,22H2,1H3,(H,23,27)(H,24,28)/i13D. The number of hydrogen-bond donors (Lipinski definition) is 3. The fourth-order valence-corrected chi connectivity index (χ4v) is 3.40. The van der Waals surface area contributed by atoms with Gasteiger partial charge in [-0.15, -0.1) is 0 Å². The lowest BCUT2D eigenvalue weighted by Crippen LogP contribution is -2.26. The third kappa shape index (κ3) is 12.5. The van der Waals surface area contributed by atoms with Crippen LogP contribution in [-0.2, 0) is 30.3 Å². The number of nitrogens with one attached hydrogen (secondary N) is 2. The number of Topliss-reactive ketones (excluding diaryl/α,β-unsaturated/α-hetero) is 2. The SMILES string of the molecule is [2H]C(N)SSC(F)C(=O)COCC(=O)Nc1ccc(CCC(=O)NCCC(=O)CC)cc1. The van der Waals surface area contributed by atoms with E-state index in [1.807, 2.05) is 0 Å². The van der Waals surface area contributed by atoms with E-state index in [0.29, 0.717) is 53.1 Å². The Morgan fingerprint density at radius 3 is 2.52 bits per heavy atom. The maximum absolute atomic E-state index is 13.5. The molecule has 1 aromatic carbocycles. The van der Waals surface area contributed by atoms with Crippen molar-refractivity contribution in [3.8, 4) is 0 Å². The highest BCUT2D eigenvalue weighted by Crippen LogP contribution is 2.26. The van der Waals surface area contributed by atoms with Gasteiger partial charge >= 0.3 is 0 Å². The molecule has 0 aliphatic carbocycles. The number of halogens is 1. The lowest BCUT2D eigenvalue weighted by atomic mass is 10.1. The first kappa shape index (κ1) is 25.3. The van der Waals surface area contributed by atoms with Gasteiger partial charge in [-0.1, -0.05) is 29.9 Å². The Bertz CT molecular complexity index is 768. The smallest absolute Gasteiger partial charge is 0.250 e. The van der Waals surface area contributed by atoms with Gasteiger partial charge in [0, 0.05) is 37.3 Å². The molecule has 172 valence electrons. The second kappa shape index (κ2) is 15.8. The van der Waals surface area contributed by atoms with Crippen LogP contribution in [0.4, 0.5) is 10.1 Å². The van der Waals surface area contributed by atoms with Gasteiger partial charge in [-0.05, 0) is 34.9 Å². The summed E-state index contributed by atoms with van der Waals surface area (Å²) in [6.45, 7) is 1.14. The molecular formula is C20H28FN3O5S2. The third-order valence-corrected chi connectivity index (χ3v) is 5.75. The summed E-state index contributed by atoms with van der Waals surface area (Å²) < 4.78 is 25.5. The number of rotatable bonds is 16. The van der Waals surface area contributed by atoms with Crippen LogP contribution in [0, 0.1) is 0 Å². The fourth-order valence-electron chi connectivity index (χ4n) is 2.26. The number of ketones is 2. The highest BCUT2D eigenvalue weighted by atomic mass is 33.1. The number of carbonyl (C=O) groups is 4. The minimum absolute atomic E-state index is 0.107. The molecule has 0 heterocycles. The number of amides is 2. The molecule has 0 radical (unpaired) electrons. The Balaban J connectivity index is 2.27. The van der Waals surface area contributed by atoms with E-state index >= 15 is 0 Å². The van der Waals surface area contributed by atoms with Gasteiger partial charge in [0.25, 0.3) is 0 Å². The number of anilines is 1. The van der Waals surface area contributed by atoms with Crippen molar-refractivity contribution >= 4 is 50.7 Å². The van der Waals surface area contributed by atoms with Crippen LogP contribution in [-0.4, -0.2) is 54.5 Å². The average Bonchev–Trinajstić information content (AvgIpc) is 2.76. The summed E-state index contributed by atoms with van der Waals surface area (Å²) in [5.41, 5.74) is 4.68. The summed E-state index contributed by atoms with van der Waals surface area (Å²) >= 11 is 0. The van der Waals surface area contributed by atoms with Crippen molar-refractivity contribution in [3.63, 3.8) is 0 Å². The normalized spacial score (nSPS) is 13.1. The molecule has 8 nitrogen and oxygen atoms in total. The maximum Gasteiger partial charge on any atom is 0.250 e. The zero-order valence-electron chi connectivity index (χ0n) is 18.2.